The zero-order valence-electron chi connectivity index (χ0n) is 47.7. The molecule has 2 saturated carbocycles. The fourth-order valence-electron chi connectivity index (χ4n) is 17.0. The van der Waals surface area contributed by atoms with Crippen LogP contribution in [-0.2, 0) is 16.2 Å². The van der Waals surface area contributed by atoms with E-state index in [2.05, 4.69) is 199 Å². The van der Waals surface area contributed by atoms with Crippen molar-refractivity contribution in [3.8, 4) is 0 Å². The highest BCUT2D eigenvalue weighted by Crippen LogP contribution is 2.66. The molecule has 0 spiro atoms. The van der Waals surface area contributed by atoms with Crippen LogP contribution >= 0.6 is 11.3 Å². The van der Waals surface area contributed by atoms with E-state index in [9.17, 15) is 0 Å². The van der Waals surface area contributed by atoms with E-state index >= 15 is 0 Å². The summed E-state index contributed by atoms with van der Waals surface area (Å²) in [7, 11) is 0. The summed E-state index contributed by atoms with van der Waals surface area (Å²) in [5.41, 5.74) is 28.1. The first-order valence-corrected chi connectivity index (χ1v) is 29.3. The van der Waals surface area contributed by atoms with Gasteiger partial charge in [0, 0.05) is 59.8 Å². The Bertz CT molecular complexity index is 3480. The lowest BCUT2D eigenvalue weighted by Gasteiger charge is -2.54. The molecule has 5 aromatic carbocycles. The molecule has 5 heteroatoms. The maximum Gasteiger partial charge on any atom is 0.253 e. The molecular weight excluding hydrogens is 902 g/mol. The fraction of sp³-hybridized carbons (Fsp3) is 0.500. The molecule has 7 aliphatic rings. The molecule has 0 N–H and O–H groups in total. The molecule has 4 unspecified atom stereocenters. The molecule has 3 nitrogen and oxygen atoms in total. The first-order chi connectivity index (χ1) is 34.2. The Kier molecular flexibility index (Phi) is 9.86. The summed E-state index contributed by atoms with van der Waals surface area (Å²) in [5.74, 6) is 0. The number of thiophene rings is 1. The Labute approximate surface area is 443 Å². The Morgan fingerprint density at radius 2 is 1.14 bits per heavy atom. The second-order valence-electron chi connectivity index (χ2n) is 28.5. The predicted molar refractivity (Wildman–Crippen MR) is 319 cm³/mol. The van der Waals surface area contributed by atoms with Crippen LogP contribution in [0.3, 0.4) is 0 Å². The van der Waals surface area contributed by atoms with E-state index in [1.54, 1.807) is 33.6 Å². The summed E-state index contributed by atoms with van der Waals surface area (Å²) in [6, 6.07) is 25.7. The number of fused-ring (bicyclic) bond motifs is 13. The van der Waals surface area contributed by atoms with Gasteiger partial charge in [0.2, 0.25) is 0 Å². The van der Waals surface area contributed by atoms with Gasteiger partial charge in [0.1, 0.15) is 0 Å². The predicted octanol–water partition coefficient (Wildman–Crippen LogP) is 17.4. The van der Waals surface area contributed by atoms with Crippen molar-refractivity contribution in [3.63, 3.8) is 0 Å². The highest BCUT2D eigenvalue weighted by molar-refractivity contribution is 7.26. The molecule has 0 amide bonds. The third-order valence-electron chi connectivity index (χ3n) is 21.2. The molecule has 0 bridgehead atoms. The summed E-state index contributed by atoms with van der Waals surface area (Å²) in [4.78, 5) is 8.83. The number of hydrogen-bond donors (Lipinski definition) is 0. The van der Waals surface area contributed by atoms with Crippen molar-refractivity contribution >= 4 is 88.7 Å². The number of benzene rings is 5. The minimum Gasteiger partial charge on any atom is -0.338 e. The minimum atomic E-state index is -0.0832. The number of nitrogens with zero attached hydrogens (tertiary/aromatic N) is 3. The lowest BCUT2D eigenvalue weighted by molar-refractivity contribution is 0.153. The third-order valence-corrected chi connectivity index (χ3v) is 22.4. The largest absolute Gasteiger partial charge is 0.338 e. The highest BCUT2D eigenvalue weighted by Gasteiger charge is 2.64. The van der Waals surface area contributed by atoms with Gasteiger partial charge in [-0.3, -0.25) is 0 Å². The third kappa shape index (κ3) is 6.13. The van der Waals surface area contributed by atoms with E-state index in [1.165, 1.54) is 144 Å². The van der Waals surface area contributed by atoms with Gasteiger partial charge >= 0.3 is 0 Å². The van der Waals surface area contributed by atoms with Crippen LogP contribution in [0.4, 0.5) is 34.1 Å². The molecule has 6 aromatic rings. The van der Waals surface area contributed by atoms with Crippen LogP contribution in [0, 0.1) is 38.5 Å². The van der Waals surface area contributed by atoms with Crippen molar-refractivity contribution in [2.24, 2.45) is 10.8 Å². The van der Waals surface area contributed by atoms with Crippen LogP contribution in [0.25, 0.3) is 20.2 Å². The first-order valence-electron chi connectivity index (χ1n) is 28.5. The van der Waals surface area contributed by atoms with Crippen molar-refractivity contribution in [1.29, 1.82) is 0 Å². The van der Waals surface area contributed by atoms with E-state index in [4.69, 9.17) is 0 Å². The summed E-state index contributed by atoms with van der Waals surface area (Å²) in [6.07, 6.45) is 14.9. The summed E-state index contributed by atoms with van der Waals surface area (Å²) < 4.78 is 2.79. The van der Waals surface area contributed by atoms with Gasteiger partial charge in [0.25, 0.3) is 6.71 Å². The summed E-state index contributed by atoms with van der Waals surface area (Å²) >= 11 is 1.99. The van der Waals surface area contributed by atoms with Gasteiger partial charge < -0.3 is 14.7 Å². The second kappa shape index (κ2) is 15.0. The number of allylic oxidation sites excluding steroid dienone is 3. The normalized spacial score (nSPS) is 26.3. The molecule has 5 heterocycles. The highest BCUT2D eigenvalue weighted by atomic mass is 32.1. The lowest BCUT2D eigenvalue weighted by Crippen LogP contribution is -2.65. The molecule has 73 heavy (non-hydrogen) atoms. The number of aryl methyl sites for hydroxylation is 4. The standard InChI is InChI=1S/C68H82BN3S/c1-39-32-40(2)57-61-56(39)66(15)29-19-21-31-68(66,17)72(61)52-38-46(71-49-24-22-44(63(8,9)10)36-48(49)65(14)28-18-20-30-67(65,71)16)37-51-58(52)69(57)59-50(70(51)60-41(3)33-45(34-42(60)4)64(11,12)13)25-27-54-55(59)47-35-43(62(5,6)7)23-26-53(47)73-54/h23,25-27,32-38H,18-22,24,28-31H2,1-17H3. The van der Waals surface area contributed by atoms with Gasteiger partial charge in [-0.15, -0.1) is 11.3 Å². The topological polar surface area (TPSA) is 9.72 Å². The van der Waals surface area contributed by atoms with E-state index in [0.29, 0.717) is 0 Å². The van der Waals surface area contributed by atoms with Gasteiger partial charge in [0.05, 0.1) is 16.8 Å². The van der Waals surface area contributed by atoms with E-state index in [0.717, 1.165) is 12.8 Å². The Balaban J connectivity index is 1.21. The van der Waals surface area contributed by atoms with Crippen LogP contribution in [0.15, 0.2) is 83.6 Å². The Morgan fingerprint density at radius 3 is 1.79 bits per heavy atom. The molecule has 13 rings (SSSR count). The molecule has 4 atom stereocenters. The molecule has 0 saturated heterocycles. The van der Waals surface area contributed by atoms with Crippen LogP contribution in [-0.4, -0.2) is 17.8 Å². The van der Waals surface area contributed by atoms with Crippen molar-refractivity contribution in [2.45, 2.75) is 209 Å². The zero-order valence-corrected chi connectivity index (χ0v) is 48.6. The van der Waals surface area contributed by atoms with E-state index in [-0.39, 0.29) is 44.9 Å². The number of rotatable bonds is 2. The second-order valence-corrected chi connectivity index (χ2v) is 29.6. The number of hydrogen-bond acceptors (Lipinski definition) is 4. The maximum atomic E-state index is 3.02. The zero-order chi connectivity index (χ0) is 51.6. The maximum absolute atomic E-state index is 3.02. The SMILES string of the molecule is Cc1cc(C)c2c3c1B1c4c(cc(N5C6=C(C=C(C(C)(C)C)CC6)C6(C)CCCCC56C)cc4N3C3(C)CCCCC23C)N(c2c(C)cc(C(C)(C)C)cc2C)c2ccc3sc4ccc(C(C)(C)C)cc4c3c21. The van der Waals surface area contributed by atoms with Gasteiger partial charge in [0.15, 0.2) is 0 Å². The lowest BCUT2D eigenvalue weighted by atomic mass is 9.32. The average Bonchev–Trinajstić information content (AvgIpc) is 3.86. The van der Waals surface area contributed by atoms with Crippen LogP contribution < -0.4 is 31.1 Å². The molecule has 4 aliphatic heterocycles. The van der Waals surface area contributed by atoms with E-state index in [1.807, 2.05) is 11.3 Å². The quantitative estimate of drug-likeness (QED) is 0.160. The Morgan fingerprint density at radius 1 is 0.521 bits per heavy atom. The number of anilines is 6. The van der Waals surface area contributed by atoms with Gasteiger partial charge in [-0.1, -0.05) is 143 Å². The molecule has 0 radical (unpaired) electrons. The van der Waals surface area contributed by atoms with Crippen molar-refractivity contribution < 1.29 is 0 Å². The smallest absolute Gasteiger partial charge is 0.253 e. The Hall–Kier alpha value is -4.74. The molecule has 378 valence electrons. The van der Waals surface area contributed by atoms with Crippen LogP contribution in [0.1, 0.15) is 193 Å². The minimum absolute atomic E-state index is 0.0134. The molecular formula is C68H82BN3S. The van der Waals surface area contributed by atoms with Gasteiger partial charge in [-0.25, -0.2) is 0 Å². The summed E-state index contributed by atoms with van der Waals surface area (Å²) in [6.45, 7) is 42.1. The van der Waals surface area contributed by atoms with Crippen molar-refractivity contribution in [1.82, 2.24) is 0 Å². The van der Waals surface area contributed by atoms with Gasteiger partial charge in [-0.2, -0.15) is 0 Å². The molecule has 2 fully saturated rings. The van der Waals surface area contributed by atoms with Crippen LogP contribution in [0.5, 0.6) is 0 Å². The monoisotopic (exact) mass is 984 g/mol. The molecule has 1 aromatic heterocycles. The van der Waals surface area contributed by atoms with Crippen LogP contribution in [0.2, 0.25) is 0 Å². The van der Waals surface area contributed by atoms with Crippen molar-refractivity contribution in [2.75, 3.05) is 14.7 Å². The fourth-order valence-corrected chi connectivity index (χ4v) is 18.1. The molecule has 3 aliphatic carbocycles. The first kappa shape index (κ1) is 47.9. The average molecular weight is 984 g/mol. The summed E-state index contributed by atoms with van der Waals surface area (Å²) in [5, 5.41) is 2.87. The van der Waals surface area contributed by atoms with Crippen molar-refractivity contribution in [3.05, 3.63) is 123 Å². The van der Waals surface area contributed by atoms with E-state index < -0.39 is 0 Å². The van der Waals surface area contributed by atoms with Gasteiger partial charge in [-0.05, 0) is 193 Å².